The van der Waals surface area contributed by atoms with E-state index in [0.29, 0.717) is 0 Å². The van der Waals surface area contributed by atoms with Crippen LogP contribution in [0, 0.1) is 5.33 Å². The summed E-state index contributed by atoms with van der Waals surface area (Å²) in [5.41, 5.74) is 0. The molecule has 0 aliphatic carbocycles. The summed E-state index contributed by atoms with van der Waals surface area (Å²) in [6.45, 7) is 2.23. The number of hydrogen-bond acceptors (Lipinski definition) is 0. The number of rotatable bonds is 5. The van der Waals surface area contributed by atoms with Gasteiger partial charge in [-0.05, 0) is 6.42 Å². The number of halogens is 1. The molecule has 0 aliphatic rings. The van der Waals surface area contributed by atoms with Crippen LogP contribution in [0.3, 0.4) is 0 Å². The van der Waals surface area contributed by atoms with Gasteiger partial charge in [0.25, 0.3) is 0 Å². The van der Waals surface area contributed by atoms with E-state index in [-0.39, 0.29) is 0 Å². The minimum absolute atomic E-state index is 1.22. The van der Waals surface area contributed by atoms with E-state index in [0.717, 1.165) is 0 Å². The van der Waals surface area contributed by atoms with E-state index < -0.39 is 0 Å². The summed E-state index contributed by atoms with van der Waals surface area (Å²) in [7, 11) is 0. The minimum atomic E-state index is 1.22. The molecule has 0 saturated carbocycles. The molecule has 0 aliphatic heterocycles. The van der Waals surface area contributed by atoms with Crippen LogP contribution < -0.4 is 0 Å². The highest BCUT2D eigenvalue weighted by molar-refractivity contribution is 9.10. The van der Waals surface area contributed by atoms with Crippen LogP contribution in [0.4, 0.5) is 0 Å². The summed E-state index contributed by atoms with van der Waals surface area (Å²) in [4.78, 5) is 0. The zero-order valence-electron chi connectivity index (χ0n) is 5.49. The van der Waals surface area contributed by atoms with Crippen LogP contribution in [-0.2, 0) is 0 Å². The van der Waals surface area contributed by atoms with Crippen LogP contribution in [-0.4, -0.2) is 0 Å². The minimum Gasteiger partial charge on any atom is -0.0879 e. The summed E-state index contributed by atoms with van der Waals surface area (Å²) < 4.78 is 0. The van der Waals surface area contributed by atoms with Crippen molar-refractivity contribution in [2.45, 2.75) is 39.0 Å². The van der Waals surface area contributed by atoms with E-state index in [1.807, 2.05) is 0 Å². The Morgan fingerprint density at radius 1 is 1.25 bits per heavy atom. The lowest BCUT2D eigenvalue weighted by molar-refractivity contribution is 0.671. The van der Waals surface area contributed by atoms with Gasteiger partial charge in [0, 0.05) is 5.33 Å². The third-order valence-corrected chi connectivity index (χ3v) is 1.62. The van der Waals surface area contributed by atoms with Gasteiger partial charge in [0.1, 0.15) is 0 Å². The second-order valence-electron chi connectivity index (χ2n) is 2.00. The molecule has 0 unspecified atom stereocenters. The Hall–Kier alpha value is 0.480. The fourth-order valence-electron chi connectivity index (χ4n) is 0.648. The second kappa shape index (κ2) is 7.48. The van der Waals surface area contributed by atoms with Gasteiger partial charge >= 0.3 is 0 Å². The maximum Gasteiger partial charge on any atom is 0.0271 e. The Kier molecular flexibility index (Phi) is 7.93. The highest BCUT2D eigenvalue weighted by Crippen LogP contribution is 2.06. The average molecular weight is 178 g/mol. The lowest BCUT2D eigenvalue weighted by atomic mass is 10.2. The summed E-state index contributed by atoms with van der Waals surface area (Å²) in [6.07, 6.45) is 6.68. The van der Waals surface area contributed by atoms with Crippen molar-refractivity contribution in [2.75, 3.05) is 0 Å². The Bertz CT molecular complexity index is 29.4. The van der Waals surface area contributed by atoms with Crippen LogP contribution in [0.5, 0.6) is 0 Å². The van der Waals surface area contributed by atoms with Crippen molar-refractivity contribution in [1.82, 2.24) is 0 Å². The summed E-state index contributed by atoms with van der Waals surface area (Å²) in [5, 5.41) is 2.06. The highest BCUT2D eigenvalue weighted by Gasteiger charge is 1.84. The summed E-state index contributed by atoms with van der Waals surface area (Å²) in [6, 6.07) is 0. The molecule has 0 aromatic rings. The Labute approximate surface area is 60.8 Å². The molecule has 0 rings (SSSR count). The van der Waals surface area contributed by atoms with Crippen molar-refractivity contribution in [2.24, 2.45) is 0 Å². The molecule has 0 atom stereocenters. The van der Waals surface area contributed by atoms with Gasteiger partial charge in [-0.15, -0.1) is 0 Å². The van der Waals surface area contributed by atoms with Gasteiger partial charge in [0.05, 0.1) is 0 Å². The SMILES string of the molecule is CCCCCC[CH]Br. The van der Waals surface area contributed by atoms with E-state index in [2.05, 4.69) is 28.2 Å². The Balaban J connectivity index is 2.53. The molecule has 0 bridgehead atoms. The number of hydrogen-bond donors (Lipinski definition) is 0. The standard InChI is InChI=1S/C7H14Br/c1-2-3-4-5-6-7-8/h7H,2-6H2,1H3. The predicted molar refractivity (Wildman–Crippen MR) is 42.0 cm³/mol. The normalized spacial score (nSPS) is 9.75. The van der Waals surface area contributed by atoms with Gasteiger partial charge in [-0.2, -0.15) is 0 Å². The van der Waals surface area contributed by atoms with Crippen molar-refractivity contribution < 1.29 is 0 Å². The van der Waals surface area contributed by atoms with E-state index in [4.69, 9.17) is 0 Å². The first kappa shape index (κ1) is 8.48. The number of unbranched alkanes of at least 4 members (excludes halogenated alkanes) is 4. The Morgan fingerprint density at radius 2 is 2.00 bits per heavy atom. The lowest BCUT2D eigenvalue weighted by Crippen LogP contribution is -1.73. The van der Waals surface area contributed by atoms with E-state index in [9.17, 15) is 0 Å². The quantitative estimate of drug-likeness (QED) is 0.565. The van der Waals surface area contributed by atoms with E-state index in [1.165, 1.54) is 32.1 Å². The first-order chi connectivity index (χ1) is 3.91. The zero-order valence-corrected chi connectivity index (χ0v) is 7.08. The molecular formula is C7H14Br. The molecule has 0 aromatic heterocycles. The first-order valence-electron chi connectivity index (χ1n) is 3.33. The molecule has 0 aromatic carbocycles. The largest absolute Gasteiger partial charge is 0.0879 e. The van der Waals surface area contributed by atoms with Crippen LogP contribution in [0.2, 0.25) is 0 Å². The maximum absolute atomic E-state index is 3.28. The van der Waals surface area contributed by atoms with Crippen LogP contribution >= 0.6 is 15.9 Å². The van der Waals surface area contributed by atoms with Gasteiger partial charge in [0.15, 0.2) is 0 Å². The second-order valence-corrected chi connectivity index (χ2v) is 2.65. The molecule has 1 heteroatoms. The smallest absolute Gasteiger partial charge is 0.0271 e. The zero-order chi connectivity index (χ0) is 6.24. The molecule has 0 amide bonds. The fraction of sp³-hybridized carbons (Fsp3) is 0.857. The molecule has 0 spiro atoms. The van der Waals surface area contributed by atoms with Gasteiger partial charge < -0.3 is 0 Å². The van der Waals surface area contributed by atoms with Crippen molar-refractivity contribution in [3.05, 3.63) is 5.33 Å². The van der Waals surface area contributed by atoms with Crippen molar-refractivity contribution in [3.63, 3.8) is 0 Å². The molecule has 0 N–H and O–H groups in total. The third kappa shape index (κ3) is 6.48. The summed E-state index contributed by atoms with van der Waals surface area (Å²) >= 11 is 3.28. The van der Waals surface area contributed by atoms with Crippen LogP contribution in [0.1, 0.15) is 39.0 Å². The third-order valence-electron chi connectivity index (χ3n) is 1.17. The predicted octanol–water partition coefficient (Wildman–Crippen LogP) is 3.51. The van der Waals surface area contributed by atoms with E-state index >= 15 is 0 Å². The fourth-order valence-corrected chi connectivity index (χ4v) is 0.972. The lowest BCUT2D eigenvalue weighted by Gasteiger charge is -1.92. The van der Waals surface area contributed by atoms with Crippen molar-refractivity contribution >= 4 is 15.9 Å². The summed E-state index contributed by atoms with van der Waals surface area (Å²) in [5.74, 6) is 0. The molecule has 0 heterocycles. The molecule has 0 nitrogen and oxygen atoms in total. The average Bonchev–Trinajstić information content (AvgIpc) is 1.81. The van der Waals surface area contributed by atoms with Gasteiger partial charge in [-0.3, -0.25) is 0 Å². The molecule has 0 saturated heterocycles. The van der Waals surface area contributed by atoms with E-state index in [1.54, 1.807) is 0 Å². The Morgan fingerprint density at radius 3 is 2.50 bits per heavy atom. The van der Waals surface area contributed by atoms with Gasteiger partial charge in [-0.1, -0.05) is 48.5 Å². The van der Waals surface area contributed by atoms with Crippen LogP contribution in [0.15, 0.2) is 0 Å². The van der Waals surface area contributed by atoms with Gasteiger partial charge in [0.2, 0.25) is 0 Å². The molecule has 8 heavy (non-hydrogen) atoms. The monoisotopic (exact) mass is 177 g/mol. The molecular weight excluding hydrogens is 164 g/mol. The van der Waals surface area contributed by atoms with Crippen LogP contribution in [0.25, 0.3) is 0 Å². The molecule has 1 radical (unpaired) electrons. The molecule has 0 fully saturated rings. The topological polar surface area (TPSA) is 0 Å². The maximum atomic E-state index is 3.28. The first-order valence-corrected chi connectivity index (χ1v) is 4.25. The van der Waals surface area contributed by atoms with Gasteiger partial charge in [-0.25, -0.2) is 0 Å². The molecule has 49 valence electrons. The van der Waals surface area contributed by atoms with Crippen molar-refractivity contribution in [3.8, 4) is 0 Å². The van der Waals surface area contributed by atoms with Crippen molar-refractivity contribution in [1.29, 1.82) is 0 Å². The highest BCUT2D eigenvalue weighted by atomic mass is 79.9.